The van der Waals surface area contributed by atoms with Gasteiger partial charge in [-0.05, 0) is 24.3 Å². The standard InChI is InChI=1S/C22H20N6O4S2/c1-32-17-9-5-4-8-16(17)24-18(29)10-11-33-22-27-26-21(34-22)25-19(30)12-28-13-23-15-7-3-2-6-14(15)20(28)31/h2-9,13H,10-12H2,1H3,(H,24,29)(H,25,26,30). The molecule has 0 unspecified atom stereocenters. The van der Waals surface area contributed by atoms with Crippen LogP contribution in [0.5, 0.6) is 5.75 Å². The third-order valence-electron chi connectivity index (χ3n) is 4.63. The Morgan fingerprint density at radius 3 is 2.71 bits per heavy atom. The number of carbonyl (C=O) groups is 2. The molecule has 0 aliphatic rings. The van der Waals surface area contributed by atoms with E-state index in [1.54, 1.807) is 43.5 Å². The fourth-order valence-electron chi connectivity index (χ4n) is 3.04. The summed E-state index contributed by atoms with van der Waals surface area (Å²) >= 11 is 2.56. The molecule has 0 aliphatic carbocycles. The van der Waals surface area contributed by atoms with Gasteiger partial charge in [0.25, 0.3) is 5.56 Å². The van der Waals surface area contributed by atoms with Crippen LogP contribution in [0.2, 0.25) is 0 Å². The Labute approximate surface area is 202 Å². The van der Waals surface area contributed by atoms with Crippen LogP contribution in [0.1, 0.15) is 6.42 Å². The van der Waals surface area contributed by atoms with E-state index in [9.17, 15) is 14.4 Å². The Kier molecular flexibility index (Phi) is 7.50. The Balaban J connectivity index is 1.26. The van der Waals surface area contributed by atoms with Crippen molar-refractivity contribution < 1.29 is 14.3 Å². The van der Waals surface area contributed by atoms with E-state index in [1.807, 2.05) is 12.1 Å². The maximum Gasteiger partial charge on any atom is 0.261 e. The number of nitrogens with one attached hydrogen (secondary N) is 2. The van der Waals surface area contributed by atoms with E-state index in [2.05, 4.69) is 25.8 Å². The number of aromatic nitrogens is 4. The molecule has 0 atom stereocenters. The van der Waals surface area contributed by atoms with Gasteiger partial charge in [0.1, 0.15) is 12.3 Å². The quantitative estimate of drug-likeness (QED) is 0.267. The average Bonchev–Trinajstić information content (AvgIpc) is 3.28. The molecule has 10 nitrogen and oxygen atoms in total. The van der Waals surface area contributed by atoms with E-state index in [1.165, 1.54) is 34.0 Å². The number of carbonyl (C=O) groups excluding carboxylic acids is 2. The fourth-order valence-corrected chi connectivity index (χ4v) is 4.82. The molecule has 2 aromatic heterocycles. The second-order valence-electron chi connectivity index (χ2n) is 6.96. The zero-order valence-electron chi connectivity index (χ0n) is 18.1. The van der Waals surface area contributed by atoms with Crippen molar-refractivity contribution in [2.24, 2.45) is 0 Å². The van der Waals surface area contributed by atoms with Gasteiger partial charge in [-0.25, -0.2) is 4.98 Å². The molecule has 2 aromatic carbocycles. The van der Waals surface area contributed by atoms with E-state index in [0.29, 0.717) is 37.6 Å². The van der Waals surface area contributed by atoms with E-state index in [4.69, 9.17) is 4.74 Å². The Morgan fingerprint density at radius 2 is 1.85 bits per heavy atom. The first-order chi connectivity index (χ1) is 16.5. The summed E-state index contributed by atoms with van der Waals surface area (Å²) in [4.78, 5) is 41.3. The highest BCUT2D eigenvalue weighted by atomic mass is 32.2. The van der Waals surface area contributed by atoms with Gasteiger partial charge in [0.15, 0.2) is 4.34 Å². The monoisotopic (exact) mass is 496 g/mol. The molecule has 0 spiro atoms. The third-order valence-corrected chi connectivity index (χ3v) is 6.61. The lowest BCUT2D eigenvalue weighted by Crippen LogP contribution is -2.27. The van der Waals surface area contributed by atoms with Crippen molar-refractivity contribution in [2.45, 2.75) is 17.3 Å². The van der Waals surface area contributed by atoms with Crippen molar-refractivity contribution in [3.05, 3.63) is 65.2 Å². The Bertz CT molecular complexity index is 1390. The zero-order valence-corrected chi connectivity index (χ0v) is 19.7. The topological polar surface area (TPSA) is 128 Å². The van der Waals surface area contributed by atoms with Crippen LogP contribution in [0.3, 0.4) is 0 Å². The van der Waals surface area contributed by atoms with Gasteiger partial charge in [0.05, 0.1) is 30.0 Å². The van der Waals surface area contributed by atoms with Gasteiger partial charge in [-0.1, -0.05) is 47.4 Å². The second-order valence-corrected chi connectivity index (χ2v) is 9.28. The molecular formula is C22H20N6O4S2. The number of hydrogen-bond acceptors (Lipinski definition) is 9. The van der Waals surface area contributed by atoms with E-state index in [-0.39, 0.29) is 24.4 Å². The van der Waals surface area contributed by atoms with Crippen LogP contribution in [-0.2, 0) is 16.1 Å². The van der Waals surface area contributed by atoms with Crippen molar-refractivity contribution in [3.8, 4) is 5.75 Å². The van der Waals surface area contributed by atoms with Crippen LogP contribution < -0.4 is 20.9 Å². The molecule has 4 aromatic rings. The first-order valence-electron chi connectivity index (χ1n) is 10.2. The molecule has 174 valence electrons. The first kappa shape index (κ1) is 23.4. The number of amides is 2. The van der Waals surface area contributed by atoms with Gasteiger partial charge in [-0.3, -0.25) is 24.3 Å². The molecule has 2 heterocycles. The number of rotatable bonds is 9. The molecule has 2 N–H and O–H groups in total. The molecular weight excluding hydrogens is 476 g/mol. The summed E-state index contributed by atoms with van der Waals surface area (Å²) in [5.41, 5.74) is 0.897. The fraction of sp³-hybridized carbons (Fsp3) is 0.182. The maximum atomic E-state index is 12.5. The van der Waals surface area contributed by atoms with E-state index < -0.39 is 5.91 Å². The number of anilines is 2. The number of fused-ring (bicyclic) bond motifs is 1. The number of ether oxygens (including phenoxy) is 1. The minimum absolute atomic E-state index is 0.149. The normalized spacial score (nSPS) is 10.7. The van der Waals surface area contributed by atoms with Crippen LogP contribution in [-0.4, -0.2) is 44.4 Å². The van der Waals surface area contributed by atoms with E-state index in [0.717, 1.165) is 0 Å². The number of para-hydroxylation sites is 3. The first-order valence-corrected chi connectivity index (χ1v) is 12.0. The third kappa shape index (κ3) is 5.77. The number of hydrogen-bond donors (Lipinski definition) is 2. The summed E-state index contributed by atoms with van der Waals surface area (Å²) in [5.74, 6) is 0.518. The van der Waals surface area contributed by atoms with Crippen molar-refractivity contribution in [3.63, 3.8) is 0 Å². The van der Waals surface area contributed by atoms with Gasteiger partial charge in [-0.2, -0.15) is 0 Å². The summed E-state index contributed by atoms with van der Waals surface area (Å²) < 4.78 is 7.08. The summed E-state index contributed by atoms with van der Waals surface area (Å²) in [6.45, 7) is -0.193. The van der Waals surface area contributed by atoms with Crippen LogP contribution in [0.15, 0.2) is 64.0 Å². The highest BCUT2D eigenvalue weighted by molar-refractivity contribution is 8.01. The lowest BCUT2D eigenvalue weighted by atomic mass is 10.2. The molecule has 34 heavy (non-hydrogen) atoms. The minimum Gasteiger partial charge on any atom is -0.495 e. The maximum absolute atomic E-state index is 12.5. The van der Waals surface area contributed by atoms with Gasteiger partial charge in [0.2, 0.25) is 16.9 Å². The molecule has 0 saturated heterocycles. The van der Waals surface area contributed by atoms with Crippen LogP contribution in [0.4, 0.5) is 10.8 Å². The molecule has 12 heteroatoms. The second kappa shape index (κ2) is 10.9. The largest absolute Gasteiger partial charge is 0.495 e. The van der Waals surface area contributed by atoms with Crippen molar-refractivity contribution in [1.82, 2.24) is 19.7 Å². The van der Waals surface area contributed by atoms with Gasteiger partial charge in [0, 0.05) is 12.2 Å². The van der Waals surface area contributed by atoms with Crippen molar-refractivity contribution in [1.29, 1.82) is 0 Å². The summed E-state index contributed by atoms with van der Waals surface area (Å²) in [6.07, 6.45) is 1.61. The summed E-state index contributed by atoms with van der Waals surface area (Å²) in [7, 11) is 1.55. The molecule has 2 amide bonds. The molecule has 0 bridgehead atoms. The van der Waals surface area contributed by atoms with Gasteiger partial charge >= 0.3 is 0 Å². The lowest BCUT2D eigenvalue weighted by molar-refractivity contribution is -0.117. The number of methoxy groups -OCH3 is 1. The SMILES string of the molecule is COc1ccccc1NC(=O)CCSc1nnc(NC(=O)Cn2cnc3ccccc3c2=O)s1. The highest BCUT2D eigenvalue weighted by Gasteiger charge is 2.12. The average molecular weight is 497 g/mol. The van der Waals surface area contributed by atoms with Crippen molar-refractivity contribution >= 4 is 56.6 Å². The molecule has 0 aliphatic heterocycles. The number of benzene rings is 2. The van der Waals surface area contributed by atoms with Gasteiger partial charge < -0.3 is 10.1 Å². The molecule has 0 radical (unpaired) electrons. The Morgan fingerprint density at radius 1 is 1.06 bits per heavy atom. The predicted octanol–water partition coefficient (Wildman–Crippen LogP) is 3.02. The minimum atomic E-state index is -0.414. The van der Waals surface area contributed by atoms with Crippen LogP contribution >= 0.6 is 23.1 Å². The summed E-state index contributed by atoms with van der Waals surface area (Å²) in [5, 5.41) is 14.2. The Hall–Kier alpha value is -3.77. The smallest absolute Gasteiger partial charge is 0.261 e. The zero-order chi connectivity index (χ0) is 23.9. The lowest BCUT2D eigenvalue weighted by Gasteiger charge is -2.09. The molecule has 0 saturated carbocycles. The predicted molar refractivity (Wildman–Crippen MR) is 132 cm³/mol. The van der Waals surface area contributed by atoms with E-state index >= 15 is 0 Å². The van der Waals surface area contributed by atoms with Crippen LogP contribution in [0.25, 0.3) is 10.9 Å². The number of thioether (sulfide) groups is 1. The van der Waals surface area contributed by atoms with Crippen molar-refractivity contribution in [2.75, 3.05) is 23.5 Å². The molecule has 0 fully saturated rings. The molecule has 4 rings (SSSR count). The number of nitrogens with zero attached hydrogens (tertiary/aromatic N) is 4. The van der Waals surface area contributed by atoms with Crippen LogP contribution in [0, 0.1) is 0 Å². The highest BCUT2D eigenvalue weighted by Crippen LogP contribution is 2.27. The summed E-state index contributed by atoms with van der Waals surface area (Å²) in [6, 6.07) is 14.1. The van der Waals surface area contributed by atoms with Gasteiger partial charge in [-0.15, -0.1) is 10.2 Å².